The van der Waals surface area contributed by atoms with Crippen LogP contribution in [0.2, 0.25) is 0 Å². The lowest BCUT2D eigenvalue weighted by Crippen LogP contribution is -2.45. The third-order valence-electron chi connectivity index (χ3n) is 2.91. The second-order valence-electron chi connectivity index (χ2n) is 4.32. The summed E-state index contributed by atoms with van der Waals surface area (Å²) < 4.78 is 37.2. The number of likely N-dealkylation sites (N-methyl/N-ethyl adjacent to an activating group) is 1. The van der Waals surface area contributed by atoms with Crippen LogP contribution in [0.4, 0.5) is 23.7 Å². The number of nitrogens with zero attached hydrogens (tertiary/aromatic N) is 2. The first-order valence-electron chi connectivity index (χ1n) is 5.85. The second-order valence-corrected chi connectivity index (χ2v) is 4.32. The van der Waals surface area contributed by atoms with Gasteiger partial charge in [0.2, 0.25) is 0 Å². The third kappa shape index (κ3) is 4.26. The summed E-state index contributed by atoms with van der Waals surface area (Å²) in [6.07, 6.45) is -4.43. The smallest absolute Gasteiger partial charge is 0.409 e. The monoisotopic (exact) mass is 304 g/mol. The van der Waals surface area contributed by atoms with Gasteiger partial charge >= 0.3 is 12.2 Å². The second kappa shape index (κ2) is 6.33. The average molecular weight is 304 g/mol. The molecule has 0 saturated heterocycles. The van der Waals surface area contributed by atoms with Gasteiger partial charge in [0.15, 0.2) is 5.84 Å². The Morgan fingerprint density at radius 2 is 1.90 bits per heavy atom. The lowest BCUT2D eigenvalue weighted by atomic mass is 10.2. The summed E-state index contributed by atoms with van der Waals surface area (Å²) in [7, 11) is 1.40. The number of alkyl halides is 3. The van der Waals surface area contributed by atoms with E-state index in [0.29, 0.717) is 0 Å². The van der Waals surface area contributed by atoms with Crippen molar-refractivity contribution >= 4 is 17.6 Å². The van der Waals surface area contributed by atoms with Crippen molar-refractivity contribution in [3.05, 3.63) is 29.8 Å². The molecule has 1 rings (SSSR count). The lowest BCUT2D eigenvalue weighted by molar-refractivity contribution is -0.137. The number of carbonyl (C=O) groups excluding carboxylic acids is 1. The maximum absolute atomic E-state index is 12.4. The van der Waals surface area contributed by atoms with Crippen molar-refractivity contribution in [1.82, 2.24) is 4.90 Å². The molecule has 1 aromatic rings. The van der Waals surface area contributed by atoms with E-state index in [1.165, 1.54) is 14.0 Å². The molecule has 1 aromatic carbocycles. The Morgan fingerprint density at radius 3 is 2.33 bits per heavy atom. The molecule has 0 fully saturated rings. The topological polar surface area (TPSA) is 91.0 Å². The van der Waals surface area contributed by atoms with Crippen molar-refractivity contribution in [2.24, 2.45) is 10.9 Å². The third-order valence-corrected chi connectivity index (χ3v) is 2.91. The van der Waals surface area contributed by atoms with E-state index in [0.717, 1.165) is 29.2 Å². The van der Waals surface area contributed by atoms with Crippen molar-refractivity contribution in [1.29, 1.82) is 0 Å². The van der Waals surface area contributed by atoms with Crippen molar-refractivity contribution < 1.29 is 23.2 Å². The van der Waals surface area contributed by atoms with Gasteiger partial charge in [0, 0.05) is 12.7 Å². The highest BCUT2D eigenvalue weighted by atomic mass is 19.4. The molecule has 4 N–H and O–H groups in total. The SMILES string of the molecule is CC(C(N)=NO)N(C)C(=O)Nc1ccc(C(F)(F)F)cc1. The minimum Gasteiger partial charge on any atom is -0.409 e. The molecule has 0 radical (unpaired) electrons. The fraction of sp³-hybridized carbons (Fsp3) is 0.333. The van der Waals surface area contributed by atoms with Crippen molar-refractivity contribution in [2.45, 2.75) is 19.1 Å². The Hall–Kier alpha value is -2.45. The number of amides is 2. The van der Waals surface area contributed by atoms with Crippen LogP contribution in [0.5, 0.6) is 0 Å². The number of rotatable bonds is 3. The van der Waals surface area contributed by atoms with E-state index in [1.54, 1.807) is 0 Å². The number of hydrogen-bond acceptors (Lipinski definition) is 3. The fourth-order valence-electron chi connectivity index (χ4n) is 1.41. The lowest BCUT2D eigenvalue weighted by Gasteiger charge is -2.24. The maximum Gasteiger partial charge on any atom is 0.416 e. The molecule has 0 aliphatic rings. The van der Waals surface area contributed by atoms with Crippen LogP contribution < -0.4 is 11.1 Å². The number of halogens is 3. The molecule has 6 nitrogen and oxygen atoms in total. The zero-order chi connectivity index (χ0) is 16.2. The number of nitrogens with one attached hydrogen (secondary N) is 1. The standard InChI is InChI=1S/C12H15F3N4O2/c1-7(10(16)18-21)19(2)11(20)17-9-5-3-8(4-6-9)12(13,14)15/h3-7,21H,1-2H3,(H2,16,18)(H,17,20). The number of urea groups is 1. The van der Waals surface area contributed by atoms with Crippen molar-refractivity contribution in [2.75, 3.05) is 12.4 Å². The molecule has 0 heterocycles. The first kappa shape index (κ1) is 16.6. The van der Waals surface area contributed by atoms with Gasteiger partial charge in [-0.25, -0.2) is 4.79 Å². The zero-order valence-corrected chi connectivity index (χ0v) is 11.3. The van der Waals surface area contributed by atoms with Gasteiger partial charge in [0.05, 0.1) is 11.6 Å². The van der Waals surface area contributed by atoms with E-state index in [-0.39, 0.29) is 11.5 Å². The highest BCUT2D eigenvalue weighted by Gasteiger charge is 2.30. The van der Waals surface area contributed by atoms with Crippen molar-refractivity contribution in [3.63, 3.8) is 0 Å². The maximum atomic E-state index is 12.4. The molecule has 2 amide bonds. The summed E-state index contributed by atoms with van der Waals surface area (Å²) in [5.74, 6) is -0.167. The number of oxime groups is 1. The van der Waals surface area contributed by atoms with Crippen LogP contribution >= 0.6 is 0 Å². The summed E-state index contributed by atoms with van der Waals surface area (Å²) in [5, 5.41) is 13.7. The number of hydrogen-bond donors (Lipinski definition) is 3. The van der Waals surface area contributed by atoms with E-state index >= 15 is 0 Å². The van der Waals surface area contributed by atoms with Crippen LogP contribution in [-0.2, 0) is 6.18 Å². The van der Waals surface area contributed by atoms with Crippen LogP contribution in [0.3, 0.4) is 0 Å². The van der Waals surface area contributed by atoms with E-state index < -0.39 is 23.8 Å². The predicted molar refractivity (Wildman–Crippen MR) is 71.1 cm³/mol. The Kier molecular flexibility index (Phi) is 5.01. The minimum absolute atomic E-state index is 0.167. The summed E-state index contributed by atoms with van der Waals surface area (Å²) in [5.41, 5.74) is 4.76. The molecule has 0 aliphatic carbocycles. The predicted octanol–water partition coefficient (Wildman–Crippen LogP) is 2.30. The van der Waals surface area contributed by atoms with Gasteiger partial charge in [-0.05, 0) is 31.2 Å². The molecule has 0 aliphatic heterocycles. The van der Waals surface area contributed by atoms with Gasteiger partial charge in [0.25, 0.3) is 0 Å². The van der Waals surface area contributed by atoms with Crippen LogP contribution in [-0.4, -0.2) is 35.1 Å². The molecule has 9 heteroatoms. The van der Waals surface area contributed by atoms with E-state index in [1.807, 2.05) is 0 Å². The molecular formula is C12H15F3N4O2. The van der Waals surface area contributed by atoms with Gasteiger partial charge < -0.3 is 21.2 Å². The molecule has 0 bridgehead atoms. The first-order chi connectivity index (χ1) is 9.66. The van der Waals surface area contributed by atoms with Gasteiger partial charge in [-0.2, -0.15) is 13.2 Å². The molecule has 21 heavy (non-hydrogen) atoms. The minimum atomic E-state index is -4.43. The number of amidine groups is 1. The Labute approximate surface area is 119 Å². The highest BCUT2D eigenvalue weighted by molar-refractivity contribution is 5.94. The Balaban J connectivity index is 2.75. The largest absolute Gasteiger partial charge is 0.416 e. The van der Waals surface area contributed by atoms with Gasteiger partial charge in [0.1, 0.15) is 0 Å². The molecule has 0 spiro atoms. The number of anilines is 1. The summed E-state index contributed by atoms with van der Waals surface area (Å²) in [6.45, 7) is 1.53. The molecule has 1 atom stereocenters. The van der Waals surface area contributed by atoms with Gasteiger partial charge in [-0.15, -0.1) is 0 Å². The number of benzene rings is 1. The van der Waals surface area contributed by atoms with Crippen LogP contribution in [0.15, 0.2) is 29.4 Å². The van der Waals surface area contributed by atoms with E-state index in [2.05, 4.69) is 10.5 Å². The van der Waals surface area contributed by atoms with E-state index in [4.69, 9.17) is 10.9 Å². The molecule has 1 unspecified atom stereocenters. The molecule has 0 saturated carbocycles. The molecule has 116 valence electrons. The molecule has 0 aromatic heterocycles. The fourth-order valence-corrected chi connectivity index (χ4v) is 1.41. The zero-order valence-electron chi connectivity index (χ0n) is 11.3. The molecular weight excluding hydrogens is 289 g/mol. The summed E-state index contributed by atoms with van der Waals surface area (Å²) in [6, 6.07) is 2.73. The number of nitrogens with two attached hydrogens (primary N) is 1. The Morgan fingerprint density at radius 1 is 1.38 bits per heavy atom. The van der Waals surface area contributed by atoms with Crippen LogP contribution in [0.25, 0.3) is 0 Å². The van der Waals surface area contributed by atoms with Crippen molar-refractivity contribution in [3.8, 4) is 0 Å². The average Bonchev–Trinajstić information content (AvgIpc) is 2.44. The van der Waals surface area contributed by atoms with E-state index in [9.17, 15) is 18.0 Å². The quantitative estimate of drug-likeness (QED) is 0.346. The number of carbonyl (C=O) groups is 1. The van der Waals surface area contributed by atoms with Gasteiger partial charge in [-0.1, -0.05) is 5.16 Å². The Bertz CT molecular complexity index is 528. The normalized spacial score (nSPS) is 13.7. The van der Waals surface area contributed by atoms with Gasteiger partial charge in [-0.3, -0.25) is 0 Å². The summed E-state index contributed by atoms with van der Waals surface area (Å²) in [4.78, 5) is 13.0. The van der Waals surface area contributed by atoms with Crippen LogP contribution in [0, 0.1) is 0 Å². The van der Waals surface area contributed by atoms with Crippen LogP contribution in [0.1, 0.15) is 12.5 Å². The first-order valence-corrected chi connectivity index (χ1v) is 5.85. The summed E-state index contributed by atoms with van der Waals surface area (Å²) >= 11 is 0. The highest BCUT2D eigenvalue weighted by Crippen LogP contribution is 2.29.